The molecule has 0 saturated heterocycles. The van der Waals surface area contributed by atoms with Crippen molar-refractivity contribution in [3.63, 3.8) is 0 Å². The van der Waals surface area contributed by atoms with Crippen LogP contribution in [0.1, 0.15) is 6.92 Å². The minimum Gasteiger partial charge on any atom is -0.465 e. The average molecular weight is 231 g/mol. The van der Waals surface area contributed by atoms with Crippen molar-refractivity contribution in [2.24, 2.45) is 0 Å². The summed E-state index contributed by atoms with van der Waals surface area (Å²) in [5.74, 6) is 0.346. The van der Waals surface area contributed by atoms with Gasteiger partial charge in [-0.15, -0.1) is 0 Å². The molecule has 2 aromatic rings. The lowest BCUT2D eigenvalue weighted by atomic mass is 10.2. The molecule has 88 valence electrons. The number of esters is 1. The van der Waals surface area contributed by atoms with E-state index in [1.807, 2.05) is 24.3 Å². The fraction of sp³-hybridized carbons (Fsp3) is 0.250. The maximum absolute atomic E-state index is 11.2. The molecule has 0 unspecified atom stereocenters. The Kier molecular flexibility index (Phi) is 3.49. The Labute approximate surface area is 98.8 Å². The molecule has 1 aromatic carbocycles. The smallest absolute Gasteiger partial charge is 0.325 e. The predicted octanol–water partition coefficient (Wildman–Crippen LogP) is 1.60. The van der Waals surface area contributed by atoms with Crippen LogP contribution in [0, 0.1) is 0 Å². The second-order valence-electron chi connectivity index (χ2n) is 3.40. The Bertz CT molecular complexity index is 523. The van der Waals surface area contributed by atoms with Crippen LogP contribution in [0.3, 0.4) is 0 Å². The zero-order valence-electron chi connectivity index (χ0n) is 9.51. The second-order valence-corrected chi connectivity index (χ2v) is 3.40. The van der Waals surface area contributed by atoms with Crippen molar-refractivity contribution in [3.05, 3.63) is 30.6 Å². The highest BCUT2D eigenvalue weighted by Gasteiger charge is 2.05. The van der Waals surface area contributed by atoms with Crippen LogP contribution >= 0.6 is 0 Å². The van der Waals surface area contributed by atoms with Crippen molar-refractivity contribution in [2.45, 2.75) is 6.92 Å². The van der Waals surface area contributed by atoms with Crippen LogP contribution in [-0.4, -0.2) is 29.1 Å². The normalized spacial score (nSPS) is 10.2. The van der Waals surface area contributed by atoms with E-state index >= 15 is 0 Å². The zero-order valence-corrected chi connectivity index (χ0v) is 9.51. The third-order valence-electron chi connectivity index (χ3n) is 2.25. The molecule has 1 aromatic heterocycles. The molecule has 0 saturated carbocycles. The van der Waals surface area contributed by atoms with Crippen LogP contribution < -0.4 is 5.32 Å². The molecule has 5 nitrogen and oxygen atoms in total. The van der Waals surface area contributed by atoms with Crippen molar-refractivity contribution < 1.29 is 9.53 Å². The van der Waals surface area contributed by atoms with Gasteiger partial charge in [-0.05, 0) is 19.1 Å². The molecule has 0 spiro atoms. The fourth-order valence-corrected chi connectivity index (χ4v) is 1.51. The number of hydrogen-bond acceptors (Lipinski definition) is 5. The molecule has 0 aliphatic carbocycles. The third kappa shape index (κ3) is 2.69. The topological polar surface area (TPSA) is 64.1 Å². The van der Waals surface area contributed by atoms with Gasteiger partial charge in [0.05, 0.1) is 12.1 Å². The summed E-state index contributed by atoms with van der Waals surface area (Å²) in [7, 11) is 0. The van der Waals surface area contributed by atoms with Gasteiger partial charge in [-0.25, -0.2) is 9.97 Å². The summed E-state index contributed by atoms with van der Waals surface area (Å²) >= 11 is 0. The lowest BCUT2D eigenvalue weighted by Gasteiger charge is -2.07. The van der Waals surface area contributed by atoms with Gasteiger partial charge in [0.1, 0.15) is 18.7 Å². The number of aromatic nitrogens is 2. The van der Waals surface area contributed by atoms with Crippen LogP contribution in [0.2, 0.25) is 0 Å². The fourth-order valence-electron chi connectivity index (χ4n) is 1.51. The van der Waals surface area contributed by atoms with Gasteiger partial charge in [-0.1, -0.05) is 12.1 Å². The molecule has 0 radical (unpaired) electrons. The lowest BCUT2D eigenvalue weighted by Crippen LogP contribution is -2.17. The first kappa shape index (κ1) is 11.3. The number of nitrogens with zero attached hydrogens (tertiary/aromatic N) is 2. The van der Waals surface area contributed by atoms with E-state index in [1.54, 1.807) is 6.92 Å². The Morgan fingerprint density at radius 3 is 3.00 bits per heavy atom. The molecule has 5 heteroatoms. The summed E-state index contributed by atoms with van der Waals surface area (Å²) in [5, 5.41) is 3.83. The Morgan fingerprint density at radius 1 is 1.35 bits per heavy atom. The number of nitrogens with one attached hydrogen (secondary N) is 1. The number of hydrogen-bond donors (Lipinski definition) is 1. The van der Waals surface area contributed by atoms with Gasteiger partial charge in [0.2, 0.25) is 0 Å². The Morgan fingerprint density at radius 2 is 2.18 bits per heavy atom. The summed E-state index contributed by atoms with van der Waals surface area (Å²) in [4.78, 5) is 19.5. The minimum atomic E-state index is -0.296. The van der Waals surface area contributed by atoms with Crippen molar-refractivity contribution in [2.75, 3.05) is 18.5 Å². The van der Waals surface area contributed by atoms with E-state index in [0.29, 0.717) is 12.4 Å². The average Bonchev–Trinajstić information content (AvgIpc) is 2.36. The number of carbonyl (C=O) groups is 1. The molecule has 17 heavy (non-hydrogen) atoms. The molecule has 0 bridgehead atoms. The molecule has 0 atom stereocenters. The highest BCUT2D eigenvalue weighted by Crippen LogP contribution is 2.17. The van der Waals surface area contributed by atoms with Gasteiger partial charge < -0.3 is 10.1 Å². The summed E-state index contributed by atoms with van der Waals surface area (Å²) in [5.41, 5.74) is 0.842. The van der Waals surface area contributed by atoms with E-state index in [0.717, 1.165) is 10.9 Å². The maximum atomic E-state index is 11.2. The molecule has 1 N–H and O–H groups in total. The number of carbonyl (C=O) groups excluding carboxylic acids is 1. The van der Waals surface area contributed by atoms with Gasteiger partial charge in [0.15, 0.2) is 0 Å². The number of ether oxygens (including phenoxy) is 1. The van der Waals surface area contributed by atoms with Gasteiger partial charge in [-0.3, -0.25) is 4.79 Å². The van der Waals surface area contributed by atoms with Crippen LogP contribution in [-0.2, 0) is 9.53 Å². The van der Waals surface area contributed by atoms with E-state index in [-0.39, 0.29) is 12.5 Å². The van der Waals surface area contributed by atoms with Crippen molar-refractivity contribution in [1.82, 2.24) is 9.97 Å². The largest absolute Gasteiger partial charge is 0.465 e. The van der Waals surface area contributed by atoms with Crippen LogP contribution in [0.4, 0.5) is 5.82 Å². The number of para-hydroxylation sites is 1. The SMILES string of the molecule is CCOC(=O)CNc1ncnc2ccccc12. The van der Waals surface area contributed by atoms with E-state index in [9.17, 15) is 4.79 Å². The van der Waals surface area contributed by atoms with Crippen molar-refractivity contribution in [3.8, 4) is 0 Å². The summed E-state index contributed by atoms with van der Waals surface area (Å²) in [6.45, 7) is 2.26. The highest BCUT2D eigenvalue weighted by atomic mass is 16.5. The van der Waals surface area contributed by atoms with Crippen LogP contribution in [0.15, 0.2) is 30.6 Å². The molecule has 2 rings (SSSR count). The van der Waals surface area contributed by atoms with Crippen molar-refractivity contribution >= 4 is 22.7 Å². The zero-order chi connectivity index (χ0) is 12.1. The number of benzene rings is 1. The van der Waals surface area contributed by atoms with E-state index in [4.69, 9.17) is 4.74 Å². The Balaban J connectivity index is 2.16. The number of rotatable bonds is 4. The first-order valence-electron chi connectivity index (χ1n) is 5.40. The maximum Gasteiger partial charge on any atom is 0.325 e. The first-order chi connectivity index (χ1) is 8.31. The monoisotopic (exact) mass is 231 g/mol. The van der Waals surface area contributed by atoms with E-state index in [2.05, 4.69) is 15.3 Å². The van der Waals surface area contributed by atoms with E-state index in [1.165, 1.54) is 6.33 Å². The quantitative estimate of drug-likeness (QED) is 0.810. The van der Waals surface area contributed by atoms with Crippen LogP contribution in [0.25, 0.3) is 10.9 Å². The molecule has 0 aliphatic heterocycles. The number of fused-ring (bicyclic) bond motifs is 1. The second kappa shape index (κ2) is 5.25. The minimum absolute atomic E-state index is 0.106. The lowest BCUT2D eigenvalue weighted by molar-refractivity contribution is -0.140. The third-order valence-corrected chi connectivity index (χ3v) is 2.25. The summed E-state index contributed by atoms with van der Waals surface area (Å²) in [6, 6.07) is 7.61. The Hall–Kier alpha value is -2.17. The summed E-state index contributed by atoms with van der Waals surface area (Å²) in [6.07, 6.45) is 1.47. The standard InChI is InChI=1S/C12H13N3O2/c1-2-17-11(16)7-13-12-9-5-3-4-6-10(9)14-8-15-12/h3-6,8H,2,7H2,1H3,(H,13,14,15). The first-order valence-corrected chi connectivity index (χ1v) is 5.40. The van der Waals surface area contributed by atoms with E-state index < -0.39 is 0 Å². The molecule has 0 fully saturated rings. The highest BCUT2D eigenvalue weighted by molar-refractivity contribution is 5.89. The van der Waals surface area contributed by atoms with Crippen LogP contribution in [0.5, 0.6) is 0 Å². The van der Waals surface area contributed by atoms with Gasteiger partial charge in [-0.2, -0.15) is 0 Å². The van der Waals surface area contributed by atoms with Gasteiger partial charge in [0, 0.05) is 5.39 Å². The molecule has 1 heterocycles. The molecular formula is C12H13N3O2. The predicted molar refractivity (Wildman–Crippen MR) is 64.7 cm³/mol. The molecular weight excluding hydrogens is 218 g/mol. The molecule has 0 amide bonds. The van der Waals surface area contributed by atoms with Gasteiger partial charge in [0.25, 0.3) is 0 Å². The molecule has 0 aliphatic rings. The number of anilines is 1. The summed E-state index contributed by atoms with van der Waals surface area (Å²) < 4.78 is 4.83. The van der Waals surface area contributed by atoms with Crippen molar-refractivity contribution in [1.29, 1.82) is 0 Å². The van der Waals surface area contributed by atoms with Gasteiger partial charge >= 0.3 is 5.97 Å².